The van der Waals surface area contributed by atoms with Crippen LogP contribution in [0.5, 0.6) is 0 Å². The van der Waals surface area contributed by atoms with Crippen LogP contribution in [0.1, 0.15) is 23.8 Å². The fourth-order valence-corrected chi connectivity index (χ4v) is 1.38. The number of halogens is 2. The Morgan fingerprint density at radius 1 is 1.62 bits per heavy atom. The molecule has 0 spiro atoms. The molecule has 5 heteroatoms. The van der Waals surface area contributed by atoms with Gasteiger partial charge in [0.1, 0.15) is 11.5 Å². The number of alkyl halides is 1. The van der Waals surface area contributed by atoms with E-state index in [0.29, 0.717) is 11.4 Å². The molecule has 88 valence electrons. The van der Waals surface area contributed by atoms with Crippen molar-refractivity contribution < 1.29 is 9.18 Å². The maximum atomic E-state index is 12.6. The molecule has 0 N–H and O–H groups in total. The lowest BCUT2D eigenvalue weighted by molar-refractivity contribution is 0.0788. The van der Waals surface area contributed by atoms with Gasteiger partial charge in [-0.25, -0.2) is 9.37 Å². The molecule has 3 nitrogen and oxygen atoms in total. The summed E-state index contributed by atoms with van der Waals surface area (Å²) in [7, 11) is 1.71. The van der Waals surface area contributed by atoms with E-state index in [-0.39, 0.29) is 11.6 Å². The van der Waals surface area contributed by atoms with E-state index >= 15 is 0 Å². The number of hydrogen-bond acceptors (Lipinski definition) is 2. The zero-order valence-corrected chi connectivity index (χ0v) is 10.9. The van der Waals surface area contributed by atoms with Crippen LogP contribution in [-0.2, 0) is 0 Å². The first kappa shape index (κ1) is 13.1. The summed E-state index contributed by atoms with van der Waals surface area (Å²) in [5.74, 6) is -0.624. The van der Waals surface area contributed by atoms with E-state index in [9.17, 15) is 9.18 Å². The molecule has 16 heavy (non-hydrogen) atoms. The molecule has 0 aliphatic heterocycles. The van der Waals surface area contributed by atoms with Crippen LogP contribution >= 0.6 is 15.9 Å². The first-order valence-corrected chi connectivity index (χ1v) is 5.93. The second-order valence-electron chi connectivity index (χ2n) is 3.66. The summed E-state index contributed by atoms with van der Waals surface area (Å²) in [5.41, 5.74) is 0.270. The fraction of sp³-hybridized carbons (Fsp3) is 0.455. The quantitative estimate of drug-likeness (QED) is 0.798. The van der Waals surface area contributed by atoms with Crippen molar-refractivity contribution in [1.82, 2.24) is 9.88 Å². The van der Waals surface area contributed by atoms with E-state index in [0.717, 1.165) is 12.6 Å². The van der Waals surface area contributed by atoms with Gasteiger partial charge in [0.05, 0.1) is 6.20 Å². The Morgan fingerprint density at radius 3 is 2.81 bits per heavy atom. The van der Waals surface area contributed by atoms with Gasteiger partial charge in [-0.05, 0) is 18.6 Å². The Hall–Kier alpha value is -0.970. The van der Waals surface area contributed by atoms with Gasteiger partial charge in [-0.2, -0.15) is 0 Å². The molecular weight excluding hydrogens is 275 g/mol. The molecule has 0 aliphatic carbocycles. The lowest BCUT2D eigenvalue weighted by Gasteiger charge is -2.17. The van der Waals surface area contributed by atoms with E-state index in [2.05, 4.69) is 20.9 Å². The van der Waals surface area contributed by atoms with Gasteiger partial charge in [-0.15, -0.1) is 0 Å². The predicted octanol–water partition coefficient (Wildman–Crippen LogP) is 2.47. The van der Waals surface area contributed by atoms with Crippen LogP contribution in [0.15, 0.2) is 18.3 Å². The Morgan fingerprint density at radius 2 is 2.31 bits per heavy atom. The van der Waals surface area contributed by atoms with Crippen LogP contribution in [0.3, 0.4) is 0 Å². The molecule has 1 rings (SSSR count). The number of pyridine rings is 1. The van der Waals surface area contributed by atoms with Crippen LogP contribution in [0, 0.1) is 5.82 Å². The minimum atomic E-state index is -0.437. The Balaban J connectivity index is 2.60. The van der Waals surface area contributed by atoms with Crippen molar-refractivity contribution in [2.75, 3.05) is 13.6 Å². The van der Waals surface area contributed by atoms with Gasteiger partial charge >= 0.3 is 0 Å². The number of amides is 1. The highest BCUT2D eigenvalue weighted by Crippen LogP contribution is 2.06. The van der Waals surface area contributed by atoms with E-state index in [1.54, 1.807) is 11.9 Å². The van der Waals surface area contributed by atoms with Gasteiger partial charge in [0, 0.05) is 18.4 Å². The minimum absolute atomic E-state index is 0.187. The van der Waals surface area contributed by atoms with Gasteiger partial charge in [-0.3, -0.25) is 4.79 Å². The van der Waals surface area contributed by atoms with Crippen LogP contribution in [0.2, 0.25) is 0 Å². The maximum Gasteiger partial charge on any atom is 0.272 e. The molecule has 0 saturated carbocycles. The molecular formula is C11H14BrFN2O. The van der Waals surface area contributed by atoms with E-state index in [4.69, 9.17) is 0 Å². The number of rotatable bonds is 4. The number of nitrogens with zero attached hydrogens (tertiary/aromatic N) is 2. The third kappa shape index (κ3) is 3.89. The first-order chi connectivity index (χ1) is 7.50. The smallest absolute Gasteiger partial charge is 0.272 e. The van der Waals surface area contributed by atoms with Crippen molar-refractivity contribution in [2.45, 2.75) is 18.2 Å². The second kappa shape index (κ2) is 5.94. The summed E-state index contributed by atoms with van der Waals surface area (Å²) in [6.07, 6.45) is 1.91. The van der Waals surface area contributed by atoms with Crippen molar-refractivity contribution >= 4 is 21.8 Å². The van der Waals surface area contributed by atoms with Crippen molar-refractivity contribution in [3.63, 3.8) is 0 Å². The summed E-state index contributed by atoms with van der Waals surface area (Å²) in [5, 5.41) is 0. The van der Waals surface area contributed by atoms with Crippen LogP contribution < -0.4 is 0 Å². The van der Waals surface area contributed by atoms with Crippen molar-refractivity contribution in [1.29, 1.82) is 0 Å². The van der Waals surface area contributed by atoms with E-state index < -0.39 is 5.82 Å². The van der Waals surface area contributed by atoms with Gasteiger partial charge < -0.3 is 4.90 Å². The lowest BCUT2D eigenvalue weighted by Crippen LogP contribution is -2.29. The van der Waals surface area contributed by atoms with Crippen molar-refractivity contribution in [3.8, 4) is 0 Å². The SMILES string of the molecule is CC(Br)CCN(C)C(=O)c1ccc(F)cn1. The van der Waals surface area contributed by atoms with Gasteiger partial charge in [-0.1, -0.05) is 22.9 Å². The number of hydrogen-bond donors (Lipinski definition) is 0. The molecule has 1 unspecified atom stereocenters. The topological polar surface area (TPSA) is 33.2 Å². The highest BCUT2D eigenvalue weighted by Gasteiger charge is 2.13. The Kier molecular flexibility index (Phi) is 4.86. The van der Waals surface area contributed by atoms with Crippen LogP contribution in [0.25, 0.3) is 0 Å². The summed E-state index contributed by atoms with van der Waals surface area (Å²) in [4.78, 5) is 17.5. The zero-order valence-electron chi connectivity index (χ0n) is 9.28. The molecule has 1 aromatic rings. The minimum Gasteiger partial charge on any atom is -0.340 e. The zero-order chi connectivity index (χ0) is 12.1. The third-order valence-electron chi connectivity index (χ3n) is 2.16. The molecule has 0 fully saturated rings. The summed E-state index contributed by atoms with van der Waals surface area (Å²) < 4.78 is 12.6. The second-order valence-corrected chi connectivity index (χ2v) is 5.22. The molecule has 1 aromatic heterocycles. The summed E-state index contributed by atoms with van der Waals surface area (Å²) >= 11 is 3.41. The summed E-state index contributed by atoms with van der Waals surface area (Å²) in [6, 6.07) is 2.63. The maximum absolute atomic E-state index is 12.6. The molecule has 0 saturated heterocycles. The molecule has 1 heterocycles. The monoisotopic (exact) mass is 288 g/mol. The Labute approximate surface area is 103 Å². The van der Waals surface area contributed by atoms with E-state index in [1.165, 1.54) is 12.1 Å². The Bertz CT molecular complexity index is 354. The molecule has 0 aliphatic rings. The number of aromatic nitrogens is 1. The molecule has 1 amide bonds. The lowest BCUT2D eigenvalue weighted by atomic mass is 10.3. The average molecular weight is 289 g/mol. The average Bonchev–Trinajstić information content (AvgIpc) is 2.26. The van der Waals surface area contributed by atoms with Crippen molar-refractivity contribution in [2.24, 2.45) is 0 Å². The normalized spacial score (nSPS) is 12.2. The molecule has 0 bridgehead atoms. The number of carbonyl (C=O) groups is 1. The third-order valence-corrected chi connectivity index (χ3v) is 2.61. The standard InChI is InChI=1S/C11H14BrFN2O/c1-8(12)5-6-15(2)11(16)10-4-3-9(13)7-14-10/h3-4,7-8H,5-6H2,1-2H3. The number of carbonyl (C=O) groups excluding carboxylic acids is 1. The highest BCUT2D eigenvalue weighted by atomic mass is 79.9. The van der Waals surface area contributed by atoms with Crippen LogP contribution in [-0.4, -0.2) is 34.2 Å². The predicted molar refractivity (Wildman–Crippen MR) is 64.2 cm³/mol. The van der Waals surface area contributed by atoms with Crippen LogP contribution in [0.4, 0.5) is 4.39 Å². The largest absolute Gasteiger partial charge is 0.340 e. The highest BCUT2D eigenvalue weighted by molar-refractivity contribution is 9.09. The first-order valence-electron chi connectivity index (χ1n) is 5.02. The van der Waals surface area contributed by atoms with Gasteiger partial charge in [0.2, 0.25) is 0 Å². The van der Waals surface area contributed by atoms with Crippen molar-refractivity contribution in [3.05, 3.63) is 29.8 Å². The van der Waals surface area contributed by atoms with Gasteiger partial charge in [0.15, 0.2) is 0 Å². The molecule has 0 aromatic carbocycles. The molecule has 1 atom stereocenters. The van der Waals surface area contributed by atoms with E-state index in [1.807, 2.05) is 6.92 Å². The summed E-state index contributed by atoms with van der Waals surface area (Å²) in [6.45, 7) is 2.67. The van der Waals surface area contributed by atoms with Gasteiger partial charge in [0.25, 0.3) is 5.91 Å². The molecule has 0 radical (unpaired) electrons. The fourth-order valence-electron chi connectivity index (χ4n) is 1.17.